The Balaban J connectivity index is 3.01. The van der Waals surface area contributed by atoms with E-state index in [1.54, 1.807) is 0 Å². The second-order valence-corrected chi connectivity index (χ2v) is 5.09. The molecule has 0 aliphatic carbocycles. The van der Waals surface area contributed by atoms with Gasteiger partial charge in [-0.15, -0.1) is 0 Å². The summed E-state index contributed by atoms with van der Waals surface area (Å²) in [7, 11) is 0. The summed E-state index contributed by atoms with van der Waals surface area (Å²) in [6.45, 7) is 12.4. The lowest BCUT2D eigenvalue weighted by Gasteiger charge is -2.20. The van der Waals surface area contributed by atoms with E-state index in [1.807, 2.05) is 57.7 Å². The molecule has 4 nitrogen and oxygen atoms in total. The lowest BCUT2D eigenvalue weighted by atomic mass is 10.1. The van der Waals surface area contributed by atoms with Gasteiger partial charge in [-0.3, -0.25) is 4.79 Å². The standard InChI is InChI=1S/C17H27NO3/c1-6-18(7-2)17(19)14-9-10-16(20-8-3)15(11-14)12-21-13(4)5/h9-11,13H,6-8,12H2,1-5H3. The SMILES string of the molecule is CCOc1ccc(C(=O)N(CC)CC)cc1COC(C)C. The van der Waals surface area contributed by atoms with Crippen LogP contribution in [0.3, 0.4) is 0 Å². The van der Waals surface area contributed by atoms with Crippen LogP contribution in [0.2, 0.25) is 0 Å². The Labute approximate surface area is 128 Å². The molecule has 1 amide bonds. The van der Waals surface area contributed by atoms with Crippen LogP contribution in [0.25, 0.3) is 0 Å². The molecular weight excluding hydrogens is 266 g/mol. The third-order valence-electron chi connectivity index (χ3n) is 3.23. The van der Waals surface area contributed by atoms with E-state index in [0.717, 1.165) is 11.3 Å². The van der Waals surface area contributed by atoms with Gasteiger partial charge in [0.2, 0.25) is 0 Å². The van der Waals surface area contributed by atoms with E-state index in [-0.39, 0.29) is 12.0 Å². The van der Waals surface area contributed by atoms with Gasteiger partial charge in [-0.1, -0.05) is 0 Å². The molecule has 1 rings (SSSR count). The molecule has 0 bridgehead atoms. The summed E-state index contributed by atoms with van der Waals surface area (Å²) < 4.78 is 11.3. The Kier molecular flexibility index (Phi) is 7.23. The second kappa shape index (κ2) is 8.67. The summed E-state index contributed by atoms with van der Waals surface area (Å²) in [4.78, 5) is 14.2. The van der Waals surface area contributed by atoms with E-state index in [9.17, 15) is 4.79 Å². The number of benzene rings is 1. The minimum atomic E-state index is 0.0499. The molecule has 0 aliphatic rings. The predicted octanol–water partition coefficient (Wildman–Crippen LogP) is 3.49. The molecule has 0 heterocycles. The highest BCUT2D eigenvalue weighted by Crippen LogP contribution is 2.22. The van der Waals surface area contributed by atoms with Crippen LogP contribution in [-0.2, 0) is 11.3 Å². The number of carbonyl (C=O) groups is 1. The van der Waals surface area contributed by atoms with Gasteiger partial charge in [0.1, 0.15) is 5.75 Å². The van der Waals surface area contributed by atoms with E-state index < -0.39 is 0 Å². The van der Waals surface area contributed by atoms with Crippen molar-refractivity contribution in [2.75, 3.05) is 19.7 Å². The molecule has 21 heavy (non-hydrogen) atoms. The summed E-state index contributed by atoms with van der Waals surface area (Å²) in [6, 6.07) is 5.57. The normalized spacial score (nSPS) is 10.8. The van der Waals surface area contributed by atoms with Crippen molar-refractivity contribution >= 4 is 5.91 Å². The number of amides is 1. The van der Waals surface area contributed by atoms with Crippen molar-refractivity contribution in [1.29, 1.82) is 0 Å². The fourth-order valence-electron chi connectivity index (χ4n) is 2.07. The van der Waals surface area contributed by atoms with E-state index in [2.05, 4.69) is 0 Å². The van der Waals surface area contributed by atoms with Crippen molar-refractivity contribution in [3.63, 3.8) is 0 Å². The number of hydrogen-bond acceptors (Lipinski definition) is 3. The highest BCUT2D eigenvalue weighted by atomic mass is 16.5. The van der Waals surface area contributed by atoms with Gasteiger partial charge in [0, 0.05) is 24.2 Å². The lowest BCUT2D eigenvalue weighted by Crippen LogP contribution is -2.30. The van der Waals surface area contributed by atoms with Gasteiger partial charge in [-0.25, -0.2) is 0 Å². The van der Waals surface area contributed by atoms with E-state index in [1.165, 1.54) is 0 Å². The molecule has 0 aromatic heterocycles. The number of rotatable bonds is 8. The van der Waals surface area contributed by atoms with Gasteiger partial charge < -0.3 is 14.4 Å². The second-order valence-electron chi connectivity index (χ2n) is 5.09. The van der Waals surface area contributed by atoms with E-state index >= 15 is 0 Å². The largest absolute Gasteiger partial charge is 0.494 e. The van der Waals surface area contributed by atoms with Crippen molar-refractivity contribution in [3.05, 3.63) is 29.3 Å². The van der Waals surface area contributed by atoms with Crippen LogP contribution >= 0.6 is 0 Å². The monoisotopic (exact) mass is 293 g/mol. The van der Waals surface area contributed by atoms with Crippen LogP contribution in [0, 0.1) is 0 Å². The summed E-state index contributed by atoms with van der Waals surface area (Å²) in [5, 5.41) is 0. The number of hydrogen-bond donors (Lipinski definition) is 0. The van der Waals surface area contributed by atoms with Gasteiger partial charge in [0.25, 0.3) is 5.91 Å². The maximum absolute atomic E-state index is 12.4. The molecule has 0 spiro atoms. The minimum Gasteiger partial charge on any atom is -0.494 e. The van der Waals surface area contributed by atoms with E-state index in [0.29, 0.717) is 31.9 Å². The molecule has 0 atom stereocenters. The van der Waals surface area contributed by atoms with Crippen LogP contribution in [0.4, 0.5) is 0 Å². The summed E-state index contributed by atoms with van der Waals surface area (Å²) >= 11 is 0. The topological polar surface area (TPSA) is 38.8 Å². The Morgan fingerprint density at radius 1 is 1.19 bits per heavy atom. The van der Waals surface area contributed by atoms with Gasteiger partial charge in [0.05, 0.1) is 19.3 Å². The first-order chi connectivity index (χ1) is 10.0. The quantitative estimate of drug-likeness (QED) is 0.736. The summed E-state index contributed by atoms with van der Waals surface area (Å²) in [5.41, 5.74) is 1.60. The van der Waals surface area contributed by atoms with E-state index in [4.69, 9.17) is 9.47 Å². The Morgan fingerprint density at radius 3 is 2.38 bits per heavy atom. The van der Waals surface area contributed by atoms with Gasteiger partial charge in [-0.05, 0) is 52.8 Å². The zero-order valence-corrected chi connectivity index (χ0v) is 13.8. The van der Waals surface area contributed by atoms with Crippen molar-refractivity contribution in [3.8, 4) is 5.75 Å². The lowest BCUT2D eigenvalue weighted by molar-refractivity contribution is 0.0640. The zero-order chi connectivity index (χ0) is 15.8. The third kappa shape index (κ3) is 5.05. The number of carbonyl (C=O) groups excluding carboxylic acids is 1. The molecule has 0 radical (unpaired) electrons. The average Bonchev–Trinajstić information content (AvgIpc) is 2.47. The molecule has 0 fully saturated rings. The zero-order valence-electron chi connectivity index (χ0n) is 13.8. The highest BCUT2D eigenvalue weighted by molar-refractivity contribution is 5.94. The molecule has 0 N–H and O–H groups in total. The average molecular weight is 293 g/mol. The van der Waals surface area contributed by atoms with Crippen LogP contribution < -0.4 is 4.74 Å². The smallest absolute Gasteiger partial charge is 0.253 e. The molecule has 1 aromatic rings. The minimum absolute atomic E-state index is 0.0499. The fraction of sp³-hybridized carbons (Fsp3) is 0.588. The van der Waals surface area contributed by atoms with Gasteiger partial charge in [0.15, 0.2) is 0 Å². The first kappa shape index (κ1) is 17.5. The van der Waals surface area contributed by atoms with Crippen LogP contribution in [0.5, 0.6) is 5.75 Å². The Bertz CT molecular complexity index is 453. The van der Waals surface area contributed by atoms with Crippen LogP contribution in [0.1, 0.15) is 50.5 Å². The van der Waals surface area contributed by atoms with Crippen LogP contribution in [0.15, 0.2) is 18.2 Å². The van der Waals surface area contributed by atoms with Crippen molar-refractivity contribution in [2.45, 2.75) is 47.3 Å². The Morgan fingerprint density at radius 2 is 1.86 bits per heavy atom. The molecular formula is C17H27NO3. The number of ether oxygens (including phenoxy) is 2. The maximum Gasteiger partial charge on any atom is 0.253 e. The predicted molar refractivity (Wildman–Crippen MR) is 84.8 cm³/mol. The molecule has 0 saturated carbocycles. The first-order valence-corrected chi connectivity index (χ1v) is 7.69. The fourth-order valence-corrected chi connectivity index (χ4v) is 2.07. The summed E-state index contributed by atoms with van der Waals surface area (Å²) in [6.07, 6.45) is 0.140. The van der Waals surface area contributed by atoms with Gasteiger partial charge in [-0.2, -0.15) is 0 Å². The third-order valence-corrected chi connectivity index (χ3v) is 3.23. The maximum atomic E-state index is 12.4. The first-order valence-electron chi connectivity index (χ1n) is 7.69. The Hall–Kier alpha value is -1.55. The van der Waals surface area contributed by atoms with Crippen molar-refractivity contribution < 1.29 is 14.3 Å². The van der Waals surface area contributed by atoms with Crippen molar-refractivity contribution in [1.82, 2.24) is 4.90 Å². The molecule has 0 aliphatic heterocycles. The van der Waals surface area contributed by atoms with Crippen LogP contribution in [-0.4, -0.2) is 36.6 Å². The molecule has 4 heteroatoms. The molecule has 118 valence electrons. The van der Waals surface area contributed by atoms with Gasteiger partial charge >= 0.3 is 0 Å². The molecule has 0 unspecified atom stereocenters. The highest BCUT2D eigenvalue weighted by Gasteiger charge is 2.15. The van der Waals surface area contributed by atoms with Crippen molar-refractivity contribution in [2.24, 2.45) is 0 Å². The molecule has 1 aromatic carbocycles. The number of nitrogens with zero attached hydrogens (tertiary/aromatic N) is 1. The molecule has 0 saturated heterocycles. The summed E-state index contributed by atoms with van der Waals surface area (Å²) in [5.74, 6) is 0.836.